The SMILES string of the molecule is O[C@]1(c2cccc(C(F)(F)F)c2)CN[C@H](c2ccccc2)C1. The zero-order valence-corrected chi connectivity index (χ0v) is 11.8. The molecule has 0 saturated carbocycles. The van der Waals surface area contributed by atoms with Crippen molar-refractivity contribution in [3.63, 3.8) is 0 Å². The van der Waals surface area contributed by atoms with E-state index in [9.17, 15) is 18.3 Å². The summed E-state index contributed by atoms with van der Waals surface area (Å²) in [6, 6.07) is 14.5. The first-order valence-electron chi connectivity index (χ1n) is 7.07. The average Bonchev–Trinajstić information content (AvgIpc) is 2.91. The lowest BCUT2D eigenvalue weighted by atomic mass is 9.88. The van der Waals surface area contributed by atoms with Crippen LogP contribution in [0.5, 0.6) is 0 Å². The maximum atomic E-state index is 12.8. The highest BCUT2D eigenvalue weighted by molar-refractivity contribution is 5.33. The zero-order valence-electron chi connectivity index (χ0n) is 11.8. The molecule has 0 unspecified atom stereocenters. The van der Waals surface area contributed by atoms with E-state index in [2.05, 4.69) is 5.32 Å². The van der Waals surface area contributed by atoms with Crippen LogP contribution < -0.4 is 5.32 Å². The minimum Gasteiger partial charge on any atom is -0.384 e. The van der Waals surface area contributed by atoms with Crippen LogP contribution in [-0.2, 0) is 11.8 Å². The Kier molecular flexibility index (Phi) is 3.70. The molecule has 2 N–H and O–H groups in total. The molecule has 0 amide bonds. The van der Waals surface area contributed by atoms with Crippen LogP contribution in [0.25, 0.3) is 0 Å². The van der Waals surface area contributed by atoms with Gasteiger partial charge in [0.15, 0.2) is 0 Å². The van der Waals surface area contributed by atoms with Crippen LogP contribution in [0.2, 0.25) is 0 Å². The molecular weight excluding hydrogens is 291 g/mol. The topological polar surface area (TPSA) is 32.3 Å². The van der Waals surface area contributed by atoms with E-state index in [0.717, 1.165) is 17.7 Å². The van der Waals surface area contributed by atoms with Gasteiger partial charge in [-0.15, -0.1) is 0 Å². The molecule has 0 radical (unpaired) electrons. The normalized spacial score (nSPS) is 25.4. The standard InChI is InChI=1S/C17H16F3NO/c18-17(19,20)14-8-4-7-13(9-14)16(22)10-15(21-11-16)12-5-2-1-3-6-12/h1-9,15,21-22H,10-11H2/t15-,16-/m0/s1. The van der Waals surface area contributed by atoms with Gasteiger partial charge >= 0.3 is 6.18 Å². The van der Waals surface area contributed by atoms with E-state index in [1.165, 1.54) is 6.07 Å². The number of hydrogen-bond donors (Lipinski definition) is 2. The van der Waals surface area contributed by atoms with Gasteiger partial charge < -0.3 is 10.4 Å². The van der Waals surface area contributed by atoms with Crippen molar-refractivity contribution in [1.29, 1.82) is 0 Å². The number of benzene rings is 2. The first-order valence-corrected chi connectivity index (χ1v) is 7.07. The minimum absolute atomic E-state index is 0.0688. The quantitative estimate of drug-likeness (QED) is 0.888. The molecule has 0 aliphatic carbocycles. The molecule has 0 spiro atoms. The summed E-state index contributed by atoms with van der Waals surface area (Å²) in [7, 11) is 0. The van der Waals surface area contributed by atoms with Gasteiger partial charge in [0, 0.05) is 19.0 Å². The number of aliphatic hydroxyl groups is 1. The molecule has 0 bridgehead atoms. The fourth-order valence-electron chi connectivity index (χ4n) is 2.90. The summed E-state index contributed by atoms with van der Waals surface area (Å²) in [4.78, 5) is 0. The third-order valence-corrected chi connectivity index (χ3v) is 4.11. The highest BCUT2D eigenvalue weighted by Gasteiger charge is 2.40. The van der Waals surface area contributed by atoms with Gasteiger partial charge in [0.1, 0.15) is 5.60 Å². The van der Waals surface area contributed by atoms with Crippen molar-refractivity contribution in [3.8, 4) is 0 Å². The predicted octanol–water partition coefficient (Wildman–Crippen LogP) is 3.63. The van der Waals surface area contributed by atoms with Crippen LogP contribution in [0.3, 0.4) is 0 Å². The summed E-state index contributed by atoms with van der Waals surface area (Å²) in [6.45, 7) is 0.230. The number of hydrogen-bond acceptors (Lipinski definition) is 2. The number of rotatable bonds is 2. The third kappa shape index (κ3) is 2.87. The van der Waals surface area contributed by atoms with Crippen LogP contribution in [0, 0.1) is 0 Å². The number of β-amino-alcohol motifs (C(OH)–C–C–N with tert-alkyl or cyclic N) is 1. The van der Waals surface area contributed by atoms with Crippen molar-refractivity contribution in [3.05, 3.63) is 71.3 Å². The monoisotopic (exact) mass is 307 g/mol. The van der Waals surface area contributed by atoms with Crippen molar-refractivity contribution < 1.29 is 18.3 Å². The van der Waals surface area contributed by atoms with Crippen molar-refractivity contribution in [2.75, 3.05) is 6.54 Å². The van der Waals surface area contributed by atoms with Gasteiger partial charge in [-0.05, 0) is 23.3 Å². The Balaban J connectivity index is 1.86. The molecule has 2 nitrogen and oxygen atoms in total. The van der Waals surface area contributed by atoms with Crippen molar-refractivity contribution >= 4 is 0 Å². The van der Waals surface area contributed by atoms with Crippen LogP contribution >= 0.6 is 0 Å². The van der Waals surface area contributed by atoms with E-state index in [0.29, 0.717) is 12.0 Å². The van der Waals surface area contributed by atoms with Gasteiger partial charge in [0.05, 0.1) is 5.56 Å². The van der Waals surface area contributed by atoms with Crippen molar-refractivity contribution in [2.45, 2.75) is 24.2 Å². The molecule has 2 atom stereocenters. The van der Waals surface area contributed by atoms with E-state index in [4.69, 9.17) is 0 Å². The number of nitrogens with one attached hydrogen (secondary N) is 1. The lowest BCUT2D eigenvalue weighted by Gasteiger charge is -2.23. The van der Waals surface area contributed by atoms with Crippen LogP contribution in [-0.4, -0.2) is 11.7 Å². The third-order valence-electron chi connectivity index (χ3n) is 4.11. The maximum Gasteiger partial charge on any atom is 0.416 e. The molecule has 22 heavy (non-hydrogen) atoms. The van der Waals surface area contributed by atoms with Crippen LogP contribution in [0.15, 0.2) is 54.6 Å². The second-order valence-electron chi connectivity index (χ2n) is 5.66. The Morgan fingerprint density at radius 2 is 1.77 bits per heavy atom. The fourth-order valence-corrected chi connectivity index (χ4v) is 2.90. The van der Waals surface area contributed by atoms with Gasteiger partial charge in [-0.3, -0.25) is 0 Å². The first kappa shape index (κ1) is 15.1. The van der Waals surface area contributed by atoms with Gasteiger partial charge in [0.2, 0.25) is 0 Å². The van der Waals surface area contributed by atoms with E-state index in [1.807, 2.05) is 30.3 Å². The summed E-state index contributed by atoms with van der Waals surface area (Å²) in [5.74, 6) is 0. The lowest BCUT2D eigenvalue weighted by Crippen LogP contribution is -2.28. The molecule has 1 saturated heterocycles. The second kappa shape index (κ2) is 5.41. The Hall–Kier alpha value is -1.85. The lowest BCUT2D eigenvalue weighted by molar-refractivity contribution is -0.137. The summed E-state index contributed by atoms with van der Waals surface area (Å²) < 4.78 is 38.5. The second-order valence-corrected chi connectivity index (χ2v) is 5.66. The van der Waals surface area contributed by atoms with Crippen LogP contribution in [0.4, 0.5) is 13.2 Å². The molecule has 5 heteroatoms. The summed E-state index contributed by atoms with van der Waals surface area (Å²) in [6.07, 6.45) is -4.06. The Morgan fingerprint density at radius 1 is 1.05 bits per heavy atom. The molecule has 1 fully saturated rings. The Bertz CT molecular complexity index is 656. The zero-order chi connectivity index (χ0) is 15.8. The summed E-state index contributed by atoms with van der Waals surface area (Å²) in [5, 5.41) is 13.9. The van der Waals surface area contributed by atoms with Gasteiger partial charge in [-0.25, -0.2) is 0 Å². The highest BCUT2D eigenvalue weighted by Crippen LogP contribution is 2.39. The van der Waals surface area contributed by atoms with Crippen molar-refractivity contribution in [2.24, 2.45) is 0 Å². The molecule has 1 heterocycles. The van der Waals surface area contributed by atoms with E-state index in [-0.39, 0.29) is 12.6 Å². The van der Waals surface area contributed by atoms with Gasteiger partial charge in [0.25, 0.3) is 0 Å². The molecule has 1 aliphatic rings. The minimum atomic E-state index is -4.41. The largest absolute Gasteiger partial charge is 0.416 e. The first-order chi connectivity index (χ1) is 10.4. The molecule has 1 aliphatic heterocycles. The Morgan fingerprint density at radius 3 is 2.45 bits per heavy atom. The van der Waals surface area contributed by atoms with Gasteiger partial charge in [-0.1, -0.05) is 42.5 Å². The van der Waals surface area contributed by atoms with E-state index < -0.39 is 17.3 Å². The number of halogens is 3. The number of alkyl halides is 3. The summed E-state index contributed by atoms with van der Waals surface area (Å²) in [5.41, 5.74) is -0.706. The molecule has 3 rings (SSSR count). The predicted molar refractivity (Wildman–Crippen MR) is 77.1 cm³/mol. The molecule has 0 aromatic heterocycles. The van der Waals surface area contributed by atoms with Gasteiger partial charge in [-0.2, -0.15) is 13.2 Å². The fraction of sp³-hybridized carbons (Fsp3) is 0.294. The average molecular weight is 307 g/mol. The van der Waals surface area contributed by atoms with E-state index in [1.54, 1.807) is 6.07 Å². The molecule has 2 aromatic carbocycles. The molecular formula is C17H16F3NO. The maximum absolute atomic E-state index is 12.8. The Labute approximate surface area is 126 Å². The molecule has 116 valence electrons. The smallest absolute Gasteiger partial charge is 0.384 e. The molecule has 2 aromatic rings. The van der Waals surface area contributed by atoms with Crippen LogP contribution in [0.1, 0.15) is 29.2 Å². The van der Waals surface area contributed by atoms with E-state index >= 15 is 0 Å². The van der Waals surface area contributed by atoms with Crippen molar-refractivity contribution in [1.82, 2.24) is 5.32 Å². The highest BCUT2D eigenvalue weighted by atomic mass is 19.4. The summed E-state index contributed by atoms with van der Waals surface area (Å²) >= 11 is 0.